The van der Waals surface area contributed by atoms with E-state index in [9.17, 15) is 39.0 Å². The lowest BCUT2D eigenvalue weighted by Gasteiger charge is -2.24. The highest BCUT2D eigenvalue weighted by Gasteiger charge is 2.30. The van der Waals surface area contributed by atoms with Gasteiger partial charge in [0.1, 0.15) is 18.1 Å². The van der Waals surface area contributed by atoms with E-state index in [-0.39, 0.29) is 32.1 Å². The second-order valence-corrected chi connectivity index (χ2v) is 8.88. The number of carbonyl (C=O) groups excluding carboxylic acids is 5. The fraction of sp³-hybridized carbons (Fsp3) is 0.417. The van der Waals surface area contributed by atoms with Gasteiger partial charge in [0, 0.05) is 36.4 Å². The number of nitrogens with one attached hydrogen (secondary N) is 4. The Hall–Kier alpha value is -4.50. The monoisotopic (exact) mass is 547 g/mol. The number of aliphatic hydroxyl groups is 1. The van der Waals surface area contributed by atoms with E-state index in [0.29, 0.717) is 5.56 Å². The molecule has 0 saturated carbocycles. The number of amides is 5. The van der Waals surface area contributed by atoms with Gasteiger partial charge in [0.2, 0.25) is 29.5 Å². The normalized spacial score (nSPS) is 14.0. The molecule has 1 aromatic carbocycles. The SMILES string of the molecule is NC(=O)CCC(N)C(=O)NC(Cc1c[nH]c2ccccc12)C(=O)NC(CO)C(=O)NC(CCC(N)=O)C(=O)O. The summed E-state index contributed by atoms with van der Waals surface area (Å²) in [7, 11) is 0. The molecular formula is C24H33N7O8. The van der Waals surface area contributed by atoms with E-state index in [1.165, 1.54) is 0 Å². The first kappa shape index (κ1) is 30.7. The molecule has 15 heteroatoms. The number of nitrogens with two attached hydrogens (primary N) is 3. The lowest BCUT2D eigenvalue weighted by molar-refractivity contribution is -0.143. The number of carboxylic acid groups (broad SMARTS) is 1. The van der Waals surface area contributed by atoms with Crippen LogP contribution in [0.15, 0.2) is 30.5 Å². The molecule has 12 N–H and O–H groups in total. The fourth-order valence-corrected chi connectivity index (χ4v) is 3.72. The Bertz CT molecular complexity index is 1210. The van der Waals surface area contributed by atoms with Crippen LogP contribution in [-0.2, 0) is 35.2 Å². The molecule has 0 aliphatic carbocycles. The molecule has 5 amide bonds. The van der Waals surface area contributed by atoms with Crippen molar-refractivity contribution >= 4 is 46.4 Å². The Labute approximate surface area is 222 Å². The lowest BCUT2D eigenvalue weighted by atomic mass is 10.0. The fourth-order valence-electron chi connectivity index (χ4n) is 3.72. The van der Waals surface area contributed by atoms with E-state index >= 15 is 0 Å². The van der Waals surface area contributed by atoms with Gasteiger partial charge in [-0.15, -0.1) is 0 Å². The minimum absolute atomic E-state index is 0.0414. The number of carboxylic acids is 1. The number of primary amides is 2. The average Bonchev–Trinajstić information content (AvgIpc) is 3.29. The van der Waals surface area contributed by atoms with Crippen LogP contribution in [-0.4, -0.2) is 81.5 Å². The maximum Gasteiger partial charge on any atom is 0.326 e. The zero-order chi connectivity index (χ0) is 29.1. The third-order valence-corrected chi connectivity index (χ3v) is 5.88. The number of hydrogen-bond acceptors (Lipinski definition) is 8. The van der Waals surface area contributed by atoms with Gasteiger partial charge in [0.15, 0.2) is 0 Å². The minimum atomic E-state index is -1.58. The lowest BCUT2D eigenvalue weighted by Crippen LogP contribution is -2.58. The van der Waals surface area contributed by atoms with Gasteiger partial charge in [-0.2, -0.15) is 0 Å². The first-order valence-corrected chi connectivity index (χ1v) is 12.0. The minimum Gasteiger partial charge on any atom is -0.480 e. The van der Waals surface area contributed by atoms with Gasteiger partial charge in [-0.1, -0.05) is 18.2 Å². The van der Waals surface area contributed by atoms with Crippen molar-refractivity contribution in [1.82, 2.24) is 20.9 Å². The van der Waals surface area contributed by atoms with Crippen molar-refractivity contribution in [3.8, 4) is 0 Å². The van der Waals surface area contributed by atoms with Gasteiger partial charge in [-0.25, -0.2) is 4.79 Å². The number of aliphatic carboxylic acids is 1. The summed E-state index contributed by atoms with van der Waals surface area (Å²) >= 11 is 0. The summed E-state index contributed by atoms with van der Waals surface area (Å²) in [6.07, 6.45) is 0.775. The second-order valence-electron chi connectivity index (χ2n) is 8.88. The maximum absolute atomic E-state index is 13.2. The average molecular weight is 548 g/mol. The first-order valence-electron chi connectivity index (χ1n) is 12.0. The molecule has 0 spiro atoms. The second kappa shape index (κ2) is 14.4. The van der Waals surface area contributed by atoms with E-state index in [1.807, 2.05) is 12.1 Å². The van der Waals surface area contributed by atoms with E-state index in [2.05, 4.69) is 20.9 Å². The highest BCUT2D eigenvalue weighted by molar-refractivity contribution is 5.95. The van der Waals surface area contributed by atoms with Crippen LogP contribution in [0.2, 0.25) is 0 Å². The third kappa shape index (κ3) is 9.39. The summed E-state index contributed by atoms with van der Waals surface area (Å²) in [6.45, 7) is -0.897. The molecule has 0 bridgehead atoms. The molecule has 39 heavy (non-hydrogen) atoms. The molecule has 0 aliphatic rings. The van der Waals surface area contributed by atoms with E-state index in [4.69, 9.17) is 17.2 Å². The van der Waals surface area contributed by atoms with Crippen molar-refractivity contribution in [3.63, 3.8) is 0 Å². The van der Waals surface area contributed by atoms with Crippen molar-refractivity contribution in [2.75, 3.05) is 6.61 Å². The topological polar surface area (TPSA) is 273 Å². The smallest absolute Gasteiger partial charge is 0.326 e. The summed E-state index contributed by atoms with van der Waals surface area (Å²) in [6, 6.07) is 1.70. The van der Waals surface area contributed by atoms with E-state index < -0.39 is 66.3 Å². The molecule has 212 valence electrons. The number of benzene rings is 1. The molecule has 2 aromatic rings. The quantitative estimate of drug-likeness (QED) is 0.104. The molecule has 0 radical (unpaired) electrons. The Morgan fingerprint density at radius 1 is 0.821 bits per heavy atom. The molecule has 4 unspecified atom stereocenters. The number of aromatic amines is 1. The highest BCUT2D eigenvalue weighted by Crippen LogP contribution is 2.19. The predicted molar refractivity (Wildman–Crippen MR) is 137 cm³/mol. The largest absolute Gasteiger partial charge is 0.480 e. The Kier molecular flexibility index (Phi) is 11.4. The number of aromatic nitrogens is 1. The van der Waals surface area contributed by atoms with Crippen LogP contribution in [0.3, 0.4) is 0 Å². The van der Waals surface area contributed by atoms with Gasteiger partial charge in [-0.3, -0.25) is 24.0 Å². The van der Waals surface area contributed by atoms with Crippen LogP contribution >= 0.6 is 0 Å². The number of rotatable bonds is 16. The Morgan fingerprint density at radius 3 is 2.00 bits per heavy atom. The number of carbonyl (C=O) groups is 6. The summed E-state index contributed by atoms with van der Waals surface area (Å²) in [5.41, 5.74) is 17.4. The van der Waals surface area contributed by atoms with Crippen LogP contribution in [0.5, 0.6) is 0 Å². The summed E-state index contributed by atoms with van der Waals surface area (Å²) < 4.78 is 0. The van der Waals surface area contributed by atoms with Gasteiger partial charge in [0.05, 0.1) is 12.6 Å². The van der Waals surface area contributed by atoms with Crippen molar-refractivity contribution in [2.45, 2.75) is 56.3 Å². The molecule has 1 heterocycles. The predicted octanol–water partition coefficient (Wildman–Crippen LogP) is -2.90. The molecule has 15 nitrogen and oxygen atoms in total. The summed E-state index contributed by atoms with van der Waals surface area (Å²) in [5, 5.41) is 26.8. The van der Waals surface area contributed by atoms with Crippen molar-refractivity contribution in [1.29, 1.82) is 0 Å². The van der Waals surface area contributed by atoms with Gasteiger partial charge < -0.3 is 48.3 Å². The molecule has 1 aromatic heterocycles. The van der Waals surface area contributed by atoms with E-state index in [1.54, 1.807) is 18.3 Å². The van der Waals surface area contributed by atoms with Crippen molar-refractivity contribution in [2.24, 2.45) is 17.2 Å². The first-order chi connectivity index (χ1) is 18.4. The van der Waals surface area contributed by atoms with Crippen LogP contribution in [0.1, 0.15) is 31.2 Å². The molecule has 0 aliphatic heterocycles. The van der Waals surface area contributed by atoms with Crippen molar-refractivity contribution in [3.05, 3.63) is 36.0 Å². The molecule has 2 rings (SSSR count). The Balaban J connectivity index is 2.21. The molecule has 0 fully saturated rings. The molecule has 4 atom stereocenters. The van der Waals surface area contributed by atoms with Crippen LogP contribution in [0.25, 0.3) is 10.9 Å². The zero-order valence-electron chi connectivity index (χ0n) is 21.0. The Morgan fingerprint density at radius 2 is 1.38 bits per heavy atom. The van der Waals surface area contributed by atoms with Gasteiger partial charge >= 0.3 is 5.97 Å². The molecule has 0 saturated heterocycles. The molecular weight excluding hydrogens is 514 g/mol. The highest BCUT2D eigenvalue weighted by atomic mass is 16.4. The maximum atomic E-state index is 13.2. The number of aliphatic hydroxyl groups excluding tert-OH is 1. The number of hydrogen-bond donors (Lipinski definition) is 9. The van der Waals surface area contributed by atoms with Crippen molar-refractivity contribution < 1.29 is 39.0 Å². The number of para-hydroxylation sites is 1. The van der Waals surface area contributed by atoms with E-state index in [0.717, 1.165) is 10.9 Å². The van der Waals surface area contributed by atoms with Gasteiger partial charge in [0.25, 0.3) is 0 Å². The van der Waals surface area contributed by atoms with Crippen LogP contribution in [0.4, 0.5) is 0 Å². The zero-order valence-corrected chi connectivity index (χ0v) is 21.0. The third-order valence-electron chi connectivity index (χ3n) is 5.88. The number of fused-ring (bicyclic) bond motifs is 1. The standard InChI is InChI=1S/C24H33N7O8/c25-14(5-7-19(26)33)21(35)30-17(9-12-10-28-15-4-2-1-3-13(12)15)22(36)31-18(11-32)23(37)29-16(24(38)39)6-8-20(27)34/h1-4,10,14,16-18,28,32H,5-9,11,25H2,(H2,26,33)(H2,27,34)(H,29,37)(H,30,35)(H,31,36)(H,38,39). The van der Waals surface area contributed by atoms with Crippen LogP contribution in [0, 0.1) is 0 Å². The summed E-state index contributed by atoms with van der Waals surface area (Å²) in [4.78, 5) is 75.1. The summed E-state index contributed by atoms with van der Waals surface area (Å²) in [5.74, 6) is -5.52. The van der Waals surface area contributed by atoms with Gasteiger partial charge in [-0.05, 0) is 24.5 Å². The van der Waals surface area contributed by atoms with Crippen LogP contribution < -0.4 is 33.2 Å². The number of H-pyrrole nitrogens is 1.